The summed E-state index contributed by atoms with van der Waals surface area (Å²) in [6.07, 6.45) is 8.07. The summed E-state index contributed by atoms with van der Waals surface area (Å²) in [4.78, 5) is 72.0. The fourth-order valence-electron chi connectivity index (χ4n) is 9.33. The highest BCUT2D eigenvalue weighted by Crippen LogP contribution is 2.68. The number of amidine groups is 2. The Bertz CT molecular complexity index is 3270. The molecule has 25 heteroatoms. The number of halogens is 5. The van der Waals surface area contributed by atoms with Crippen molar-refractivity contribution >= 4 is 99.6 Å². The van der Waals surface area contributed by atoms with Crippen LogP contribution < -0.4 is 5.73 Å². The van der Waals surface area contributed by atoms with E-state index in [4.69, 9.17) is 32.0 Å². The minimum atomic E-state index is -1.39. The van der Waals surface area contributed by atoms with Gasteiger partial charge in [0, 0.05) is 65.8 Å². The minimum absolute atomic E-state index is 0. The Hall–Kier alpha value is -6.51. The SMILES string of the molecule is C.C/C(F)=C/c1ccc(F)c([C@@]2(C)N=C(N(COCC[Si](C)(C)C)C(=O)OC(C)(C)C)S[C@@]3(C(=O)N(C)C)C[C@H]32)c1.N#Cc1cnc(Br)cn1.[C-]#[N+]c1cnc(/C(F)=C/c2ccc(F)c([C@@]3(C)N=C(N)S[C@@]4(C(=O)N(C)C)C[C@H]43)c2)cn1. The molecule has 4 aliphatic rings. The van der Waals surface area contributed by atoms with E-state index >= 15 is 4.39 Å². The standard InChI is InChI=1S/C29H43F2N3O4SSi.C22H20F2N6OS.C5H2BrN3.CH4/c1-19(30)15-20-11-12-22(31)21(16-20)28(5)23-17-29(23,24(35)33(6)7)39-25(32-28)34(26(36)38-27(2,3)4)18-37-13-14-40(8,9)10;1-21(17-9-22(17,19(31)30(3)4)32-20(25)29-21)13-7-12(5-6-14(13)23)8-15(24)16-10-28-18(26-2)11-27-16;6-5-3-8-4(1-7)2-9-5;/h11-12,15-16,23H,13-14,17-18H2,1-10H3;5-8,10-11,17H,9H2,1,3-4H3,(H2,25,29);2-3H;1H4/b19-15-;15-8-;;/t23-,28+,29-;17-,21+,22-;;/m00../s1. The van der Waals surface area contributed by atoms with Gasteiger partial charge in [0.1, 0.15) is 56.0 Å². The van der Waals surface area contributed by atoms with Crippen LogP contribution >= 0.6 is 39.5 Å². The Morgan fingerprint density at radius 3 is 1.88 bits per heavy atom. The number of aromatic nitrogens is 4. The van der Waals surface area contributed by atoms with Gasteiger partial charge in [0.15, 0.2) is 21.9 Å². The van der Waals surface area contributed by atoms with Crippen LogP contribution in [0, 0.1) is 41.4 Å². The number of fused-ring (bicyclic) bond motifs is 2. The predicted octanol–water partition coefficient (Wildman–Crippen LogP) is 12.4. The number of aliphatic imine (C=N–C) groups is 2. The van der Waals surface area contributed by atoms with Crippen molar-refractivity contribution in [1.82, 2.24) is 34.6 Å². The average Bonchev–Trinajstić information content (AvgIpc) is 4.52. The van der Waals surface area contributed by atoms with Crippen molar-refractivity contribution in [3.8, 4) is 6.07 Å². The zero-order chi connectivity index (χ0) is 60.2. The molecule has 0 spiro atoms. The Morgan fingerprint density at radius 1 is 0.866 bits per heavy atom. The maximum Gasteiger partial charge on any atom is 0.418 e. The van der Waals surface area contributed by atoms with Crippen molar-refractivity contribution in [3.05, 3.63) is 128 Å². The Balaban J connectivity index is 0.000000261. The van der Waals surface area contributed by atoms with Crippen LogP contribution in [-0.4, -0.2) is 128 Å². The molecule has 0 bridgehead atoms. The van der Waals surface area contributed by atoms with E-state index in [0.717, 1.165) is 6.04 Å². The van der Waals surface area contributed by atoms with Crippen molar-refractivity contribution in [3.63, 3.8) is 0 Å². The van der Waals surface area contributed by atoms with Crippen LogP contribution in [0.25, 0.3) is 22.8 Å². The maximum absolute atomic E-state index is 15.5. The van der Waals surface area contributed by atoms with Crippen molar-refractivity contribution in [2.75, 3.05) is 41.5 Å². The molecule has 0 radical (unpaired) electrons. The summed E-state index contributed by atoms with van der Waals surface area (Å²) in [5, 5.41) is 8.71. The third kappa shape index (κ3) is 15.4. The molecule has 4 aromatic rings. The van der Waals surface area contributed by atoms with E-state index in [2.05, 4.69) is 65.3 Å². The van der Waals surface area contributed by atoms with E-state index in [9.17, 15) is 27.6 Å². The van der Waals surface area contributed by atoms with Crippen LogP contribution in [0.1, 0.15) is 95.5 Å². The second-order valence-corrected chi connectivity index (χ2v) is 31.8. The van der Waals surface area contributed by atoms with Crippen LogP contribution in [-0.2, 0) is 30.1 Å². The molecule has 4 heterocycles. The lowest BCUT2D eigenvalue weighted by atomic mass is 9.84. The van der Waals surface area contributed by atoms with Crippen molar-refractivity contribution in [1.29, 1.82) is 5.26 Å². The summed E-state index contributed by atoms with van der Waals surface area (Å²) in [6.45, 7) is 24.1. The largest absolute Gasteiger partial charge is 0.443 e. The smallest absolute Gasteiger partial charge is 0.418 e. The number of carbonyl (C=O) groups is 3. The number of amides is 3. The topological polar surface area (TPSA) is 210 Å². The highest BCUT2D eigenvalue weighted by atomic mass is 79.9. The molecule has 6 atom stereocenters. The molecule has 82 heavy (non-hydrogen) atoms. The molecule has 2 aromatic heterocycles. The van der Waals surface area contributed by atoms with Gasteiger partial charge >= 0.3 is 6.09 Å². The molecule has 2 fully saturated rings. The third-order valence-electron chi connectivity index (χ3n) is 13.5. The lowest BCUT2D eigenvalue weighted by Gasteiger charge is -2.38. The zero-order valence-electron chi connectivity index (χ0n) is 47.4. The van der Waals surface area contributed by atoms with Crippen LogP contribution in [0.3, 0.4) is 0 Å². The number of hydrogen-bond acceptors (Lipinski definition) is 15. The van der Waals surface area contributed by atoms with Gasteiger partial charge in [-0.05, 0) is 124 Å². The van der Waals surface area contributed by atoms with E-state index in [1.54, 1.807) is 68.9 Å². The molecule has 17 nitrogen and oxygen atoms in total. The van der Waals surface area contributed by atoms with Gasteiger partial charge in [-0.15, -0.1) is 4.98 Å². The lowest BCUT2D eigenvalue weighted by molar-refractivity contribution is -0.130. The summed E-state index contributed by atoms with van der Waals surface area (Å²) in [5.74, 6) is -2.85. The van der Waals surface area contributed by atoms with E-state index < -0.39 is 63.6 Å². The first-order valence-corrected chi connectivity index (χ1v) is 31.6. The van der Waals surface area contributed by atoms with Crippen LogP contribution in [0.15, 0.2) is 81.6 Å². The Morgan fingerprint density at radius 2 is 1.41 bits per heavy atom. The normalized spacial score (nSPS) is 23.3. The highest BCUT2D eigenvalue weighted by molar-refractivity contribution is 9.10. The monoisotopic (exact) mass is 1250 g/mol. The van der Waals surface area contributed by atoms with Gasteiger partial charge in [0.05, 0.1) is 35.5 Å². The van der Waals surface area contributed by atoms with E-state index in [1.807, 2.05) is 6.07 Å². The lowest BCUT2D eigenvalue weighted by Crippen LogP contribution is -2.48. The minimum Gasteiger partial charge on any atom is -0.443 e. The quantitative estimate of drug-likeness (QED) is 0.0461. The number of benzene rings is 2. The number of allylic oxidation sites excluding steroid dienone is 1. The van der Waals surface area contributed by atoms with Gasteiger partial charge in [-0.3, -0.25) is 24.6 Å². The highest BCUT2D eigenvalue weighted by Gasteiger charge is 2.72. The van der Waals surface area contributed by atoms with Crippen LogP contribution in [0.2, 0.25) is 25.7 Å². The van der Waals surface area contributed by atoms with E-state index in [0.29, 0.717) is 40.9 Å². The zero-order valence-corrected chi connectivity index (χ0v) is 51.6. The molecule has 2 N–H and O–H groups in total. The van der Waals surface area contributed by atoms with Gasteiger partial charge in [0.25, 0.3) is 5.82 Å². The van der Waals surface area contributed by atoms with Crippen molar-refractivity contribution in [2.24, 2.45) is 27.6 Å². The Labute approximate surface area is 495 Å². The second kappa shape index (κ2) is 26.0. The summed E-state index contributed by atoms with van der Waals surface area (Å²) in [5.41, 5.74) is 4.67. The average molecular weight is 1250 g/mol. The second-order valence-electron chi connectivity index (χ2n) is 22.7. The number of carbonyl (C=O) groups excluding carboxylic acids is 3. The predicted molar refractivity (Wildman–Crippen MR) is 321 cm³/mol. The summed E-state index contributed by atoms with van der Waals surface area (Å²) in [6, 6.07) is 11.3. The van der Waals surface area contributed by atoms with Gasteiger partial charge < -0.3 is 29.9 Å². The molecule has 0 saturated heterocycles. The third-order valence-corrected chi connectivity index (χ3v) is 18.4. The van der Waals surface area contributed by atoms with E-state index in [1.165, 1.54) is 112 Å². The molecule has 8 rings (SSSR count). The van der Waals surface area contributed by atoms with Crippen molar-refractivity contribution in [2.45, 2.75) is 114 Å². The molecule has 0 unspecified atom stereocenters. The molecular weight excluding hydrogens is 1180 g/mol. The fourth-order valence-corrected chi connectivity index (χ4v) is 13.5. The van der Waals surface area contributed by atoms with Crippen molar-refractivity contribution < 1.29 is 41.4 Å². The number of rotatable bonds is 12. The number of nitrogens with two attached hydrogens (primary N) is 1. The molecule has 2 aliphatic carbocycles. The van der Waals surface area contributed by atoms with E-state index in [-0.39, 0.29) is 70.8 Å². The first kappa shape index (κ1) is 66.3. The van der Waals surface area contributed by atoms with Gasteiger partial charge in [0.2, 0.25) is 11.8 Å². The molecule has 3 amide bonds. The number of hydrogen-bond donors (Lipinski definition) is 1. The first-order chi connectivity index (χ1) is 37.7. The van der Waals surface area contributed by atoms with Crippen LogP contribution in [0.5, 0.6) is 0 Å². The molecular formula is C57H69BrF4N12O5S2Si. The number of nitriles is 1. The number of thioether (sulfide) groups is 2. The molecule has 438 valence electrons. The molecule has 2 aliphatic heterocycles. The summed E-state index contributed by atoms with van der Waals surface area (Å²) >= 11 is 5.52. The molecule has 2 saturated carbocycles. The van der Waals surface area contributed by atoms with Gasteiger partial charge in [-0.1, -0.05) is 69.3 Å². The first-order valence-electron chi connectivity index (χ1n) is 25.5. The maximum atomic E-state index is 15.5. The number of ether oxygens (including phenoxy) is 2. The van der Waals surface area contributed by atoms with Crippen LogP contribution in [0.4, 0.5) is 28.2 Å². The van der Waals surface area contributed by atoms with Gasteiger partial charge in [-0.25, -0.2) is 37.2 Å². The summed E-state index contributed by atoms with van der Waals surface area (Å²) < 4.78 is 69.5. The fraction of sp³-hybridized carbons (Fsp3) is 0.456. The number of nitrogens with zero attached hydrogens (tertiary/aromatic N) is 11. The van der Waals surface area contributed by atoms with Gasteiger partial charge in [-0.2, -0.15) is 5.26 Å². The Kier molecular flexibility index (Phi) is 21.0. The molecule has 2 aromatic carbocycles. The summed E-state index contributed by atoms with van der Waals surface area (Å²) in [7, 11) is 5.32.